The van der Waals surface area contributed by atoms with E-state index in [0.717, 1.165) is 37.2 Å². The highest BCUT2D eigenvalue weighted by Crippen LogP contribution is 2.18. The Hall–Kier alpha value is -2.21. The van der Waals surface area contributed by atoms with Gasteiger partial charge in [0.15, 0.2) is 0 Å². The van der Waals surface area contributed by atoms with Crippen LogP contribution in [0.3, 0.4) is 0 Å². The van der Waals surface area contributed by atoms with E-state index < -0.39 is 0 Å². The standard InChI is InChI=1S/C16H20N4O2/c21-9-8-20-12-14(11-18-20)15-5-4-13(10-17-15)16(22)19-6-2-1-3-7-19/h4-5,10-12,21H,1-3,6-9H2. The Morgan fingerprint density at radius 1 is 1.18 bits per heavy atom. The second kappa shape index (κ2) is 6.70. The highest BCUT2D eigenvalue weighted by atomic mass is 16.3. The maximum atomic E-state index is 12.4. The van der Waals surface area contributed by atoms with E-state index >= 15 is 0 Å². The van der Waals surface area contributed by atoms with Gasteiger partial charge in [-0.1, -0.05) is 0 Å². The lowest BCUT2D eigenvalue weighted by atomic mass is 10.1. The first-order valence-electron chi connectivity index (χ1n) is 7.67. The summed E-state index contributed by atoms with van der Waals surface area (Å²) in [5.74, 6) is 0.0646. The van der Waals surface area contributed by atoms with Crippen LogP contribution < -0.4 is 0 Å². The van der Waals surface area contributed by atoms with Gasteiger partial charge in [0.2, 0.25) is 0 Å². The first kappa shape index (κ1) is 14.7. The minimum atomic E-state index is 0.0534. The van der Waals surface area contributed by atoms with Gasteiger partial charge >= 0.3 is 0 Å². The van der Waals surface area contributed by atoms with E-state index in [4.69, 9.17) is 5.11 Å². The van der Waals surface area contributed by atoms with Crippen LogP contribution in [0.5, 0.6) is 0 Å². The van der Waals surface area contributed by atoms with Crippen molar-refractivity contribution in [3.8, 4) is 11.3 Å². The van der Waals surface area contributed by atoms with Crippen LogP contribution >= 0.6 is 0 Å². The van der Waals surface area contributed by atoms with Gasteiger partial charge in [-0.15, -0.1) is 0 Å². The molecule has 1 fully saturated rings. The summed E-state index contributed by atoms with van der Waals surface area (Å²) < 4.78 is 1.67. The Bertz CT molecular complexity index is 630. The Balaban J connectivity index is 1.72. The predicted molar refractivity (Wildman–Crippen MR) is 82.3 cm³/mol. The van der Waals surface area contributed by atoms with Crippen LogP contribution in [0.15, 0.2) is 30.7 Å². The number of nitrogens with zero attached hydrogens (tertiary/aromatic N) is 4. The van der Waals surface area contributed by atoms with E-state index in [1.807, 2.05) is 23.2 Å². The summed E-state index contributed by atoms with van der Waals surface area (Å²) in [6.45, 7) is 2.20. The minimum Gasteiger partial charge on any atom is -0.394 e. The fourth-order valence-electron chi connectivity index (χ4n) is 2.69. The summed E-state index contributed by atoms with van der Waals surface area (Å²) in [6.07, 6.45) is 8.56. The molecule has 0 radical (unpaired) electrons. The number of aliphatic hydroxyl groups excluding tert-OH is 1. The third-order valence-electron chi connectivity index (χ3n) is 3.91. The molecule has 2 aromatic heterocycles. The van der Waals surface area contributed by atoms with Gasteiger partial charge < -0.3 is 10.0 Å². The van der Waals surface area contributed by atoms with Crippen molar-refractivity contribution < 1.29 is 9.90 Å². The number of carbonyl (C=O) groups excluding carboxylic acids is 1. The zero-order valence-corrected chi connectivity index (χ0v) is 12.5. The van der Waals surface area contributed by atoms with Crippen molar-refractivity contribution >= 4 is 5.91 Å². The fourth-order valence-corrected chi connectivity index (χ4v) is 2.69. The lowest BCUT2D eigenvalue weighted by Crippen LogP contribution is -2.35. The summed E-state index contributed by atoms with van der Waals surface area (Å²) in [6, 6.07) is 3.67. The monoisotopic (exact) mass is 300 g/mol. The number of hydrogen-bond acceptors (Lipinski definition) is 4. The highest BCUT2D eigenvalue weighted by Gasteiger charge is 2.18. The van der Waals surface area contributed by atoms with Crippen molar-refractivity contribution in [2.75, 3.05) is 19.7 Å². The van der Waals surface area contributed by atoms with Gasteiger partial charge in [-0.25, -0.2) is 0 Å². The predicted octanol–water partition coefficient (Wildman–Crippen LogP) is 1.56. The lowest BCUT2D eigenvalue weighted by molar-refractivity contribution is 0.0724. The molecule has 0 unspecified atom stereocenters. The summed E-state index contributed by atoms with van der Waals surface area (Å²) in [4.78, 5) is 18.7. The second-order valence-electron chi connectivity index (χ2n) is 5.50. The zero-order chi connectivity index (χ0) is 15.4. The van der Waals surface area contributed by atoms with Crippen LogP contribution in [0.1, 0.15) is 29.6 Å². The molecule has 0 aromatic carbocycles. The minimum absolute atomic E-state index is 0.0534. The van der Waals surface area contributed by atoms with Crippen LogP contribution in [0.4, 0.5) is 0 Å². The normalized spacial score (nSPS) is 15.0. The summed E-state index contributed by atoms with van der Waals surface area (Å²) in [7, 11) is 0. The summed E-state index contributed by atoms with van der Waals surface area (Å²) in [5, 5.41) is 13.1. The molecule has 0 aliphatic carbocycles. The third kappa shape index (κ3) is 3.17. The lowest BCUT2D eigenvalue weighted by Gasteiger charge is -2.26. The molecule has 2 aromatic rings. The van der Waals surface area contributed by atoms with Crippen molar-refractivity contribution in [1.82, 2.24) is 19.7 Å². The molecule has 1 aliphatic heterocycles. The summed E-state index contributed by atoms with van der Waals surface area (Å²) in [5.41, 5.74) is 2.29. The zero-order valence-electron chi connectivity index (χ0n) is 12.5. The number of carbonyl (C=O) groups is 1. The number of aliphatic hydroxyl groups is 1. The van der Waals surface area contributed by atoms with Gasteiger partial charge in [0.1, 0.15) is 0 Å². The van der Waals surface area contributed by atoms with Crippen molar-refractivity contribution in [3.63, 3.8) is 0 Å². The molecule has 0 bridgehead atoms. The first-order chi connectivity index (χ1) is 10.8. The van der Waals surface area contributed by atoms with E-state index in [0.29, 0.717) is 12.1 Å². The van der Waals surface area contributed by atoms with Crippen LogP contribution in [0, 0.1) is 0 Å². The van der Waals surface area contributed by atoms with Crippen molar-refractivity contribution in [2.24, 2.45) is 0 Å². The van der Waals surface area contributed by atoms with Crippen LogP contribution in [0.25, 0.3) is 11.3 Å². The molecule has 1 amide bonds. The van der Waals surface area contributed by atoms with E-state index in [9.17, 15) is 4.79 Å². The van der Waals surface area contributed by atoms with Gasteiger partial charge in [-0.3, -0.25) is 14.5 Å². The largest absolute Gasteiger partial charge is 0.394 e. The van der Waals surface area contributed by atoms with E-state index in [-0.39, 0.29) is 12.5 Å². The first-order valence-corrected chi connectivity index (χ1v) is 7.67. The van der Waals surface area contributed by atoms with Crippen LogP contribution in [-0.4, -0.2) is 50.4 Å². The molecule has 1 saturated heterocycles. The topological polar surface area (TPSA) is 71.2 Å². The number of rotatable bonds is 4. The molecular formula is C16H20N4O2. The average Bonchev–Trinajstić information content (AvgIpc) is 3.04. The fraction of sp³-hybridized carbons (Fsp3) is 0.438. The number of likely N-dealkylation sites (tertiary alicyclic amines) is 1. The molecule has 3 rings (SSSR count). The molecular weight excluding hydrogens is 280 g/mol. The number of aromatic nitrogens is 3. The third-order valence-corrected chi connectivity index (χ3v) is 3.91. The number of pyridine rings is 1. The van der Waals surface area contributed by atoms with Gasteiger partial charge in [-0.2, -0.15) is 5.10 Å². The van der Waals surface area contributed by atoms with E-state index in [2.05, 4.69) is 10.1 Å². The molecule has 0 saturated carbocycles. The molecule has 0 atom stereocenters. The number of piperidine rings is 1. The maximum Gasteiger partial charge on any atom is 0.255 e. The van der Waals surface area contributed by atoms with Gasteiger partial charge in [0, 0.05) is 31.0 Å². The van der Waals surface area contributed by atoms with Crippen molar-refractivity contribution in [2.45, 2.75) is 25.8 Å². The molecule has 6 heteroatoms. The molecule has 0 spiro atoms. The molecule has 116 valence electrons. The van der Waals surface area contributed by atoms with Crippen LogP contribution in [0.2, 0.25) is 0 Å². The van der Waals surface area contributed by atoms with Gasteiger partial charge in [0.05, 0.1) is 30.6 Å². The average molecular weight is 300 g/mol. The molecule has 1 aliphatic rings. The quantitative estimate of drug-likeness (QED) is 0.930. The molecule has 1 N–H and O–H groups in total. The number of hydrogen-bond donors (Lipinski definition) is 1. The van der Waals surface area contributed by atoms with E-state index in [1.54, 1.807) is 17.1 Å². The van der Waals surface area contributed by atoms with Crippen molar-refractivity contribution in [3.05, 3.63) is 36.3 Å². The molecule has 6 nitrogen and oxygen atoms in total. The molecule has 22 heavy (non-hydrogen) atoms. The SMILES string of the molecule is O=C(c1ccc(-c2cnn(CCO)c2)nc1)N1CCCCC1. The van der Waals surface area contributed by atoms with Gasteiger partial charge in [-0.05, 0) is 31.4 Å². The Kier molecular flexibility index (Phi) is 4.48. The smallest absolute Gasteiger partial charge is 0.255 e. The van der Waals surface area contributed by atoms with E-state index in [1.165, 1.54) is 6.42 Å². The van der Waals surface area contributed by atoms with Gasteiger partial charge in [0.25, 0.3) is 5.91 Å². The Morgan fingerprint density at radius 2 is 2.00 bits per heavy atom. The van der Waals surface area contributed by atoms with Crippen LogP contribution in [-0.2, 0) is 6.54 Å². The molecule has 3 heterocycles. The number of amides is 1. The van der Waals surface area contributed by atoms with Crippen molar-refractivity contribution in [1.29, 1.82) is 0 Å². The Morgan fingerprint density at radius 3 is 2.68 bits per heavy atom. The second-order valence-corrected chi connectivity index (χ2v) is 5.50. The maximum absolute atomic E-state index is 12.4. The summed E-state index contributed by atoms with van der Waals surface area (Å²) >= 11 is 0. The Labute approximate surface area is 129 Å². The highest BCUT2D eigenvalue weighted by molar-refractivity contribution is 5.94.